The number of halogens is 2. The normalized spacial score (nSPS) is 16.2. The van der Waals surface area contributed by atoms with E-state index in [1.807, 2.05) is 24.3 Å². The van der Waals surface area contributed by atoms with Gasteiger partial charge in [0.2, 0.25) is 0 Å². The summed E-state index contributed by atoms with van der Waals surface area (Å²) >= 11 is 3.26. The molecule has 0 fully saturated rings. The van der Waals surface area contributed by atoms with Crippen LogP contribution in [0, 0.1) is 5.82 Å². The molecule has 1 atom stereocenters. The van der Waals surface area contributed by atoms with Gasteiger partial charge in [0.1, 0.15) is 17.7 Å². The van der Waals surface area contributed by atoms with E-state index in [-0.39, 0.29) is 17.8 Å². The maximum absolute atomic E-state index is 13.2. The monoisotopic (exact) mass is 406 g/mol. The van der Waals surface area contributed by atoms with E-state index >= 15 is 0 Å². The minimum absolute atomic E-state index is 0.122. The fourth-order valence-corrected chi connectivity index (χ4v) is 3.55. The Kier molecular flexibility index (Phi) is 5.27. The maximum Gasteiger partial charge on any atom is 0.254 e. The van der Waals surface area contributed by atoms with Crippen molar-refractivity contribution in [3.63, 3.8) is 0 Å². The van der Waals surface area contributed by atoms with Crippen molar-refractivity contribution in [3.8, 4) is 5.75 Å². The highest BCUT2D eigenvalue weighted by Gasteiger charge is 2.27. The molecule has 6 heteroatoms. The van der Waals surface area contributed by atoms with Crippen LogP contribution >= 0.6 is 15.9 Å². The number of hydrogen-bond acceptors (Lipinski definition) is 3. The summed E-state index contributed by atoms with van der Waals surface area (Å²) in [5.41, 5.74) is 1.52. The molecular weight excluding hydrogens is 387 g/mol. The second-order valence-electron chi connectivity index (χ2n) is 6.06. The van der Waals surface area contributed by atoms with E-state index in [2.05, 4.69) is 27.8 Å². The summed E-state index contributed by atoms with van der Waals surface area (Å²) in [6, 6.07) is 12.0. The number of rotatable bonds is 4. The lowest BCUT2D eigenvalue weighted by molar-refractivity contribution is 0.0708. The summed E-state index contributed by atoms with van der Waals surface area (Å²) in [7, 11) is 1.73. The summed E-state index contributed by atoms with van der Waals surface area (Å²) in [6.07, 6.45) is -0.122. The highest BCUT2D eigenvalue weighted by molar-refractivity contribution is 9.10. The van der Waals surface area contributed by atoms with Crippen molar-refractivity contribution < 1.29 is 13.9 Å². The molecule has 0 aromatic heterocycles. The van der Waals surface area contributed by atoms with Gasteiger partial charge in [-0.05, 0) is 53.2 Å². The second kappa shape index (κ2) is 7.44. The van der Waals surface area contributed by atoms with Crippen molar-refractivity contribution in [3.05, 3.63) is 58.3 Å². The third-order valence-corrected chi connectivity index (χ3v) is 4.95. The predicted molar refractivity (Wildman–Crippen MR) is 99.8 cm³/mol. The van der Waals surface area contributed by atoms with E-state index in [9.17, 15) is 9.18 Å². The first-order chi connectivity index (χ1) is 12.0. The summed E-state index contributed by atoms with van der Waals surface area (Å²) < 4.78 is 19.7. The van der Waals surface area contributed by atoms with Crippen LogP contribution in [0.3, 0.4) is 0 Å². The lowest BCUT2D eigenvalue weighted by atomic mass is 10.1. The van der Waals surface area contributed by atoms with Crippen LogP contribution in [-0.4, -0.2) is 43.6 Å². The molecule has 1 aliphatic heterocycles. The zero-order valence-electron chi connectivity index (χ0n) is 14.2. The smallest absolute Gasteiger partial charge is 0.254 e. The Morgan fingerprint density at radius 1 is 1.36 bits per heavy atom. The van der Waals surface area contributed by atoms with Crippen molar-refractivity contribution in [2.75, 3.05) is 31.6 Å². The Balaban J connectivity index is 1.73. The predicted octanol–water partition coefficient (Wildman–Crippen LogP) is 3.95. The van der Waals surface area contributed by atoms with Crippen LogP contribution in [-0.2, 0) is 0 Å². The van der Waals surface area contributed by atoms with Gasteiger partial charge in [0.05, 0.1) is 24.3 Å². The lowest BCUT2D eigenvalue weighted by Crippen LogP contribution is -2.46. The molecule has 132 valence electrons. The van der Waals surface area contributed by atoms with Crippen LogP contribution in [0.15, 0.2) is 46.9 Å². The molecule has 25 heavy (non-hydrogen) atoms. The SMILES string of the molecule is CCN1CC(CN(C)C(=O)c2ccc(F)cc2Br)Oc2ccccc21. The lowest BCUT2D eigenvalue weighted by Gasteiger charge is -2.37. The van der Waals surface area contributed by atoms with Gasteiger partial charge < -0.3 is 14.5 Å². The highest BCUT2D eigenvalue weighted by Crippen LogP contribution is 2.33. The largest absolute Gasteiger partial charge is 0.485 e. The van der Waals surface area contributed by atoms with Gasteiger partial charge in [0.15, 0.2) is 0 Å². The molecule has 0 saturated heterocycles. The van der Waals surface area contributed by atoms with Crippen LogP contribution in [0.25, 0.3) is 0 Å². The number of hydrogen-bond donors (Lipinski definition) is 0. The number of anilines is 1. The van der Waals surface area contributed by atoms with E-state index in [1.165, 1.54) is 18.2 Å². The van der Waals surface area contributed by atoms with Crippen molar-refractivity contribution in [2.24, 2.45) is 0 Å². The van der Waals surface area contributed by atoms with E-state index in [1.54, 1.807) is 11.9 Å². The number of likely N-dealkylation sites (N-methyl/N-ethyl adjacent to an activating group) is 2. The summed E-state index contributed by atoms with van der Waals surface area (Å²) in [5.74, 6) is 0.290. The molecule has 0 aliphatic carbocycles. The number of amides is 1. The van der Waals surface area contributed by atoms with Crippen molar-refractivity contribution in [1.29, 1.82) is 0 Å². The molecule has 0 saturated carbocycles. The first-order valence-corrected chi connectivity index (χ1v) is 9.00. The third kappa shape index (κ3) is 3.79. The summed E-state index contributed by atoms with van der Waals surface area (Å²) in [5, 5.41) is 0. The number of nitrogens with zero attached hydrogens (tertiary/aromatic N) is 2. The number of benzene rings is 2. The average molecular weight is 407 g/mol. The minimum Gasteiger partial charge on any atom is -0.485 e. The average Bonchev–Trinajstić information content (AvgIpc) is 2.60. The Bertz CT molecular complexity index is 784. The number of ether oxygens (including phenoxy) is 1. The van der Waals surface area contributed by atoms with E-state index in [0.717, 1.165) is 24.5 Å². The second-order valence-corrected chi connectivity index (χ2v) is 6.91. The van der Waals surface area contributed by atoms with Gasteiger partial charge in [0.25, 0.3) is 5.91 Å². The van der Waals surface area contributed by atoms with Crippen LogP contribution in [0.5, 0.6) is 5.75 Å². The van der Waals surface area contributed by atoms with Gasteiger partial charge in [-0.2, -0.15) is 0 Å². The van der Waals surface area contributed by atoms with Crippen LogP contribution in [0.2, 0.25) is 0 Å². The van der Waals surface area contributed by atoms with Gasteiger partial charge in [0, 0.05) is 18.1 Å². The van der Waals surface area contributed by atoms with Gasteiger partial charge in [-0.1, -0.05) is 12.1 Å². The van der Waals surface area contributed by atoms with Crippen molar-refractivity contribution in [2.45, 2.75) is 13.0 Å². The molecule has 0 radical (unpaired) electrons. The van der Waals surface area contributed by atoms with E-state index < -0.39 is 0 Å². The number of para-hydroxylation sites is 2. The number of fused-ring (bicyclic) bond motifs is 1. The molecule has 3 rings (SSSR count). The van der Waals surface area contributed by atoms with Gasteiger partial charge >= 0.3 is 0 Å². The molecule has 1 heterocycles. The zero-order valence-corrected chi connectivity index (χ0v) is 15.8. The van der Waals surface area contributed by atoms with Gasteiger partial charge in [-0.3, -0.25) is 4.79 Å². The maximum atomic E-state index is 13.2. The Hall–Kier alpha value is -2.08. The van der Waals surface area contributed by atoms with Crippen LogP contribution in [0.1, 0.15) is 17.3 Å². The Morgan fingerprint density at radius 3 is 2.84 bits per heavy atom. The van der Waals surface area contributed by atoms with E-state index in [0.29, 0.717) is 16.6 Å². The molecule has 1 unspecified atom stereocenters. The molecule has 1 aliphatic rings. The Morgan fingerprint density at radius 2 is 2.12 bits per heavy atom. The van der Waals surface area contributed by atoms with Crippen LogP contribution in [0.4, 0.5) is 10.1 Å². The van der Waals surface area contributed by atoms with Crippen molar-refractivity contribution in [1.82, 2.24) is 4.90 Å². The minimum atomic E-state index is -0.378. The zero-order chi connectivity index (χ0) is 18.0. The van der Waals surface area contributed by atoms with Crippen LogP contribution < -0.4 is 9.64 Å². The molecule has 0 bridgehead atoms. The van der Waals surface area contributed by atoms with Crippen molar-refractivity contribution >= 4 is 27.5 Å². The van der Waals surface area contributed by atoms with Gasteiger partial charge in [-0.25, -0.2) is 4.39 Å². The fraction of sp³-hybridized carbons (Fsp3) is 0.316. The van der Waals surface area contributed by atoms with Gasteiger partial charge in [-0.15, -0.1) is 0 Å². The summed E-state index contributed by atoms with van der Waals surface area (Å²) in [4.78, 5) is 16.5. The Labute approximate surface area is 155 Å². The quantitative estimate of drug-likeness (QED) is 0.770. The first-order valence-electron chi connectivity index (χ1n) is 8.20. The standard InChI is InChI=1S/C19H20BrFN2O2/c1-3-23-12-14(25-18-7-5-4-6-17(18)23)11-22(2)19(24)15-9-8-13(21)10-16(15)20/h4-10,14H,3,11-12H2,1-2H3. The number of carbonyl (C=O) groups excluding carboxylic acids is 1. The molecule has 4 nitrogen and oxygen atoms in total. The topological polar surface area (TPSA) is 32.8 Å². The van der Waals surface area contributed by atoms with E-state index in [4.69, 9.17) is 4.74 Å². The first kappa shape index (κ1) is 17.7. The number of carbonyl (C=O) groups is 1. The highest BCUT2D eigenvalue weighted by atomic mass is 79.9. The molecule has 2 aromatic carbocycles. The fourth-order valence-electron chi connectivity index (χ4n) is 3.03. The molecule has 2 aromatic rings. The molecular formula is C19H20BrFN2O2. The summed E-state index contributed by atoms with van der Waals surface area (Å²) in [6.45, 7) is 4.14. The molecule has 0 N–H and O–H groups in total. The molecule has 1 amide bonds. The third-order valence-electron chi connectivity index (χ3n) is 4.29. The molecule has 0 spiro atoms.